The summed E-state index contributed by atoms with van der Waals surface area (Å²) in [4.78, 5) is 10.9. The molecule has 0 saturated carbocycles. The number of rotatable bonds is 18. The van der Waals surface area contributed by atoms with Crippen molar-refractivity contribution in [3.63, 3.8) is 0 Å². The first-order valence-electron chi connectivity index (χ1n) is 13.5. The zero-order valence-electron chi connectivity index (χ0n) is 22.1. The Morgan fingerprint density at radius 3 is 1.45 bits per heavy atom. The first-order valence-corrected chi connectivity index (χ1v) is 14.1. The van der Waals surface area contributed by atoms with Crippen molar-refractivity contribution in [1.82, 2.24) is 0 Å². The predicted octanol–water partition coefficient (Wildman–Crippen LogP) is 9.04. The van der Waals surface area contributed by atoms with Crippen LogP contribution in [-0.4, -0.2) is 23.4 Å². The van der Waals surface area contributed by atoms with Crippen molar-refractivity contribution in [3.05, 3.63) is 28.8 Å². The maximum Gasteiger partial charge on any atom is 0.315 e. The van der Waals surface area contributed by atoms with Gasteiger partial charge in [0, 0.05) is 0 Å². The summed E-state index contributed by atoms with van der Waals surface area (Å²) in [6.45, 7) is 8.70. The third kappa shape index (κ3) is 20.0. The molecule has 1 N–H and O–H groups in total. The second-order valence-electron chi connectivity index (χ2n) is 9.43. The summed E-state index contributed by atoms with van der Waals surface area (Å²) in [5.41, 5.74) is 3.11. The van der Waals surface area contributed by atoms with E-state index in [1.165, 1.54) is 102 Å². The number of aromatic hydroxyl groups is 1. The Morgan fingerprint density at radius 1 is 0.727 bits per heavy atom. The van der Waals surface area contributed by atoms with Gasteiger partial charge in [0.05, 0.1) is 12.4 Å². The van der Waals surface area contributed by atoms with E-state index >= 15 is 0 Å². The molecular formula is C29H52O3S. The Morgan fingerprint density at radius 2 is 1.09 bits per heavy atom. The number of phenols is 1. The normalized spacial score (nSPS) is 10.6. The molecule has 0 aromatic heterocycles. The van der Waals surface area contributed by atoms with Crippen molar-refractivity contribution in [3.8, 4) is 5.75 Å². The fraction of sp³-hybridized carbons (Fsp3) is 0.759. The number of benzene rings is 1. The number of carbonyl (C=O) groups is 1. The Bertz CT molecular complexity index is 578. The van der Waals surface area contributed by atoms with E-state index in [0.29, 0.717) is 12.4 Å². The van der Waals surface area contributed by atoms with E-state index in [2.05, 4.69) is 19.6 Å². The minimum Gasteiger partial charge on any atom is -0.507 e. The molecule has 0 saturated heterocycles. The van der Waals surface area contributed by atoms with Crippen molar-refractivity contribution in [2.75, 3.05) is 12.4 Å². The van der Waals surface area contributed by atoms with Crippen molar-refractivity contribution in [2.24, 2.45) is 0 Å². The number of thiol groups is 1. The van der Waals surface area contributed by atoms with Gasteiger partial charge in [-0.3, -0.25) is 4.79 Å². The number of aryl methyl sites for hydroxylation is 3. The van der Waals surface area contributed by atoms with E-state index in [0.717, 1.165) is 17.5 Å². The third-order valence-electron chi connectivity index (χ3n) is 6.03. The molecule has 0 fully saturated rings. The van der Waals surface area contributed by atoms with Gasteiger partial charge in [0.15, 0.2) is 0 Å². The van der Waals surface area contributed by atoms with Gasteiger partial charge in [-0.25, -0.2) is 0 Å². The molecule has 0 aliphatic heterocycles. The molecule has 192 valence electrons. The number of hydrogen-bond donors (Lipinski definition) is 2. The molecule has 0 radical (unpaired) electrons. The highest BCUT2D eigenvalue weighted by atomic mass is 32.1. The van der Waals surface area contributed by atoms with Crippen LogP contribution < -0.4 is 0 Å². The molecule has 0 aliphatic carbocycles. The van der Waals surface area contributed by atoms with Gasteiger partial charge in [-0.1, -0.05) is 121 Å². The summed E-state index contributed by atoms with van der Waals surface area (Å²) in [5.74, 6) is 0.415. The summed E-state index contributed by atoms with van der Waals surface area (Å²) >= 11 is 3.88. The summed E-state index contributed by atoms with van der Waals surface area (Å²) in [7, 11) is 0. The third-order valence-corrected chi connectivity index (χ3v) is 6.28. The highest BCUT2D eigenvalue weighted by molar-refractivity contribution is 7.81. The molecule has 0 aliphatic rings. The fourth-order valence-corrected chi connectivity index (χ4v) is 4.15. The lowest BCUT2D eigenvalue weighted by Crippen LogP contribution is -2.06. The minimum atomic E-state index is -0.200. The molecule has 0 spiro atoms. The number of ether oxygens (including phenoxy) is 1. The van der Waals surface area contributed by atoms with Crippen LogP contribution in [0.5, 0.6) is 5.75 Å². The Hall–Kier alpha value is -1.16. The van der Waals surface area contributed by atoms with Crippen LogP contribution in [-0.2, 0) is 9.53 Å². The van der Waals surface area contributed by atoms with Crippen LogP contribution in [0.4, 0.5) is 0 Å². The molecule has 4 heteroatoms. The highest BCUT2D eigenvalue weighted by Gasteiger charge is 1.99. The average molecular weight is 481 g/mol. The lowest BCUT2D eigenvalue weighted by Gasteiger charge is -2.04. The van der Waals surface area contributed by atoms with Crippen molar-refractivity contribution >= 4 is 18.6 Å². The van der Waals surface area contributed by atoms with E-state index in [4.69, 9.17) is 4.74 Å². The van der Waals surface area contributed by atoms with Gasteiger partial charge in [0.25, 0.3) is 0 Å². The Balaban J connectivity index is 0.000000843. The van der Waals surface area contributed by atoms with Gasteiger partial charge in [-0.2, -0.15) is 12.6 Å². The zero-order chi connectivity index (χ0) is 24.7. The maximum absolute atomic E-state index is 10.9. The molecule has 1 rings (SSSR count). The molecular weight excluding hydrogens is 428 g/mol. The van der Waals surface area contributed by atoms with Crippen LogP contribution in [0.25, 0.3) is 0 Å². The van der Waals surface area contributed by atoms with Crippen LogP contribution in [0, 0.1) is 20.8 Å². The Kier molecular flexibility index (Phi) is 21.8. The van der Waals surface area contributed by atoms with Crippen molar-refractivity contribution in [2.45, 2.75) is 130 Å². The second kappa shape index (κ2) is 22.6. The minimum absolute atomic E-state index is 0.193. The van der Waals surface area contributed by atoms with E-state index < -0.39 is 0 Å². The summed E-state index contributed by atoms with van der Waals surface area (Å²) < 4.78 is 4.99. The number of carbonyl (C=O) groups excluding carboxylic acids is 1. The topological polar surface area (TPSA) is 46.5 Å². The lowest BCUT2D eigenvalue weighted by molar-refractivity contribution is -0.140. The number of unbranched alkanes of at least 4 members (excludes halogenated alkanes) is 15. The standard InChI is InChI=1S/C20H40O2S.C9H12O/c1-2-3-4-5-6-7-8-9-10-11-12-13-14-15-16-17-18-22-20(21)19-23;1-6-4-7(2)9(10)8(3)5-6/h23H,2-19H2,1H3;4-5,10H,1-3H3. The van der Waals surface area contributed by atoms with Gasteiger partial charge in [0.2, 0.25) is 0 Å². The smallest absolute Gasteiger partial charge is 0.315 e. The lowest BCUT2D eigenvalue weighted by atomic mass is 10.0. The van der Waals surface area contributed by atoms with Crippen LogP contribution in [0.3, 0.4) is 0 Å². The van der Waals surface area contributed by atoms with E-state index in [1.54, 1.807) is 0 Å². The number of esters is 1. The zero-order valence-corrected chi connectivity index (χ0v) is 23.0. The highest BCUT2D eigenvalue weighted by Crippen LogP contribution is 2.22. The average Bonchev–Trinajstić information content (AvgIpc) is 2.79. The molecule has 1 aromatic carbocycles. The van der Waals surface area contributed by atoms with Crippen LogP contribution in [0.2, 0.25) is 0 Å². The number of hydrogen-bond acceptors (Lipinski definition) is 4. The Labute approximate surface area is 210 Å². The largest absolute Gasteiger partial charge is 0.507 e. The van der Waals surface area contributed by atoms with E-state index in [-0.39, 0.29) is 11.7 Å². The first-order chi connectivity index (χ1) is 15.9. The molecule has 0 heterocycles. The fourth-order valence-electron chi connectivity index (χ4n) is 4.05. The van der Waals surface area contributed by atoms with Gasteiger partial charge in [-0.05, 0) is 38.3 Å². The first kappa shape index (κ1) is 31.8. The van der Waals surface area contributed by atoms with Crippen LogP contribution in [0.1, 0.15) is 126 Å². The van der Waals surface area contributed by atoms with Crippen molar-refractivity contribution < 1.29 is 14.6 Å². The molecule has 0 amide bonds. The maximum atomic E-state index is 10.9. The van der Waals surface area contributed by atoms with Gasteiger partial charge in [-0.15, -0.1) is 0 Å². The van der Waals surface area contributed by atoms with Gasteiger partial charge in [0.1, 0.15) is 5.75 Å². The van der Waals surface area contributed by atoms with E-state index in [1.807, 2.05) is 32.9 Å². The molecule has 0 unspecified atom stereocenters. The predicted molar refractivity (Wildman–Crippen MR) is 147 cm³/mol. The monoisotopic (exact) mass is 480 g/mol. The van der Waals surface area contributed by atoms with Crippen LogP contribution >= 0.6 is 12.6 Å². The summed E-state index contributed by atoms with van der Waals surface area (Å²) in [6, 6.07) is 3.95. The quantitative estimate of drug-likeness (QED) is 0.125. The van der Waals surface area contributed by atoms with Gasteiger partial charge < -0.3 is 9.84 Å². The van der Waals surface area contributed by atoms with Gasteiger partial charge >= 0.3 is 5.97 Å². The molecule has 3 nitrogen and oxygen atoms in total. The molecule has 0 bridgehead atoms. The number of phenolic OH excluding ortho intramolecular Hbond substituents is 1. The van der Waals surface area contributed by atoms with Crippen LogP contribution in [0.15, 0.2) is 12.1 Å². The summed E-state index contributed by atoms with van der Waals surface area (Å²) in [6.07, 6.45) is 21.8. The van der Waals surface area contributed by atoms with E-state index in [9.17, 15) is 9.90 Å². The molecule has 1 aromatic rings. The summed E-state index contributed by atoms with van der Waals surface area (Å²) in [5, 5.41) is 9.33. The SMILES string of the molecule is CCCCCCCCCCCCCCCCCCOC(=O)CS.Cc1cc(C)c(O)c(C)c1. The molecule has 33 heavy (non-hydrogen) atoms. The second-order valence-corrected chi connectivity index (χ2v) is 9.75. The van der Waals surface area contributed by atoms with Crippen molar-refractivity contribution in [1.29, 1.82) is 0 Å². The molecule has 0 atom stereocenters.